The Balaban J connectivity index is 1.80. The first-order valence-corrected chi connectivity index (χ1v) is 8.34. The number of rotatable bonds is 5. The van der Waals surface area contributed by atoms with Crippen molar-refractivity contribution in [3.05, 3.63) is 46.8 Å². The van der Waals surface area contributed by atoms with E-state index in [1.165, 1.54) is 6.20 Å². The van der Waals surface area contributed by atoms with Gasteiger partial charge in [-0.3, -0.25) is 4.79 Å². The van der Waals surface area contributed by atoms with E-state index in [1.54, 1.807) is 37.2 Å². The fourth-order valence-electron chi connectivity index (χ4n) is 3.07. The predicted molar refractivity (Wildman–Crippen MR) is 92.6 cm³/mol. The molecule has 1 amide bonds. The Kier molecular flexibility index (Phi) is 4.95. The molecule has 9 heteroatoms. The standard InChI is InChI=1S/C18H19F3N4O2/c1-10-6-12(7-24-16(10)27-9-18(19,20)21)11(2)25-8-14-13(17(25)26)4-5-23-15(14)22-3/h4-7,11H,8-9H2,1-3H3,(H,22,23). The van der Waals surface area contributed by atoms with E-state index in [0.717, 1.165) is 5.56 Å². The average Bonchev–Trinajstić information content (AvgIpc) is 2.96. The van der Waals surface area contributed by atoms with Gasteiger partial charge in [0.1, 0.15) is 5.82 Å². The molecule has 3 heterocycles. The molecule has 1 aliphatic heterocycles. The first kappa shape index (κ1) is 18.9. The molecular weight excluding hydrogens is 361 g/mol. The van der Waals surface area contributed by atoms with Gasteiger partial charge in [-0.25, -0.2) is 9.97 Å². The third-order valence-electron chi connectivity index (χ3n) is 4.49. The van der Waals surface area contributed by atoms with Crippen molar-refractivity contribution in [3.63, 3.8) is 0 Å². The summed E-state index contributed by atoms with van der Waals surface area (Å²) in [6.45, 7) is 2.47. The van der Waals surface area contributed by atoms with E-state index in [4.69, 9.17) is 4.74 Å². The second kappa shape index (κ2) is 7.05. The van der Waals surface area contributed by atoms with Crippen LogP contribution in [-0.2, 0) is 6.54 Å². The number of aromatic nitrogens is 2. The number of carbonyl (C=O) groups excluding carboxylic acids is 1. The van der Waals surface area contributed by atoms with Gasteiger partial charge >= 0.3 is 6.18 Å². The van der Waals surface area contributed by atoms with Gasteiger partial charge in [-0.2, -0.15) is 13.2 Å². The lowest BCUT2D eigenvalue weighted by molar-refractivity contribution is -0.154. The summed E-state index contributed by atoms with van der Waals surface area (Å²) in [4.78, 5) is 22.6. The fraction of sp³-hybridized carbons (Fsp3) is 0.389. The Morgan fingerprint density at radius 2 is 2.11 bits per heavy atom. The number of nitrogens with zero attached hydrogens (tertiary/aromatic N) is 3. The maximum absolute atomic E-state index is 12.7. The van der Waals surface area contributed by atoms with Crippen LogP contribution in [0.25, 0.3) is 0 Å². The van der Waals surface area contributed by atoms with Crippen LogP contribution in [0.4, 0.5) is 19.0 Å². The average molecular weight is 380 g/mol. The predicted octanol–water partition coefficient (Wildman–Crippen LogP) is 3.48. The fourth-order valence-corrected chi connectivity index (χ4v) is 3.07. The lowest BCUT2D eigenvalue weighted by Crippen LogP contribution is -2.27. The minimum absolute atomic E-state index is 0.0685. The number of alkyl halides is 3. The summed E-state index contributed by atoms with van der Waals surface area (Å²) in [6, 6.07) is 3.07. The van der Waals surface area contributed by atoms with E-state index < -0.39 is 12.8 Å². The van der Waals surface area contributed by atoms with Gasteiger partial charge < -0.3 is 15.0 Å². The summed E-state index contributed by atoms with van der Waals surface area (Å²) in [5, 5.41) is 2.98. The number of halogens is 3. The van der Waals surface area contributed by atoms with E-state index in [1.807, 2.05) is 6.92 Å². The highest BCUT2D eigenvalue weighted by atomic mass is 19.4. The summed E-state index contributed by atoms with van der Waals surface area (Å²) in [6.07, 6.45) is -1.40. The third-order valence-corrected chi connectivity index (χ3v) is 4.49. The number of hydrogen-bond acceptors (Lipinski definition) is 5. The van der Waals surface area contributed by atoms with Crippen LogP contribution in [0.2, 0.25) is 0 Å². The highest BCUT2D eigenvalue weighted by molar-refractivity contribution is 5.99. The van der Waals surface area contributed by atoms with Crippen molar-refractivity contribution in [1.82, 2.24) is 14.9 Å². The maximum Gasteiger partial charge on any atom is 0.422 e. The van der Waals surface area contributed by atoms with Crippen molar-refractivity contribution in [3.8, 4) is 5.88 Å². The van der Waals surface area contributed by atoms with Crippen molar-refractivity contribution in [2.45, 2.75) is 32.6 Å². The monoisotopic (exact) mass is 380 g/mol. The molecule has 0 bridgehead atoms. The molecule has 144 valence electrons. The van der Waals surface area contributed by atoms with Gasteiger partial charge in [-0.05, 0) is 31.5 Å². The Hall–Kier alpha value is -2.84. The molecule has 1 atom stereocenters. The number of pyridine rings is 2. The van der Waals surface area contributed by atoms with Crippen LogP contribution in [0.1, 0.15) is 40.0 Å². The molecule has 0 aromatic carbocycles. The number of nitrogens with one attached hydrogen (secondary N) is 1. The van der Waals surface area contributed by atoms with E-state index in [-0.39, 0.29) is 17.8 Å². The zero-order chi connectivity index (χ0) is 19.8. The van der Waals surface area contributed by atoms with Crippen LogP contribution in [0.5, 0.6) is 5.88 Å². The van der Waals surface area contributed by atoms with Crippen LogP contribution in [0.15, 0.2) is 24.5 Å². The Morgan fingerprint density at radius 1 is 1.37 bits per heavy atom. The van der Waals surface area contributed by atoms with Gasteiger partial charge in [-0.1, -0.05) is 0 Å². The number of fused-ring (bicyclic) bond motifs is 1. The Bertz CT molecular complexity index is 870. The summed E-state index contributed by atoms with van der Waals surface area (Å²) in [5.41, 5.74) is 2.61. The van der Waals surface area contributed by atoms with Gasteiger partial charge in [0, 0.05) is 36.1 Å². The van der Waals surface area contributed by atoms with Crippen LogP contribution in [0, 0.1) is 6.92 Å². The Morgan fingerprint density at radius 3 is 2.74 bits per heavy atom. The minimum atomic E-state index is -4.42. The van der Waals surface area contributed by atoms with E-state index >= 15 is 0 Å². The minimum Gasteiger partial charge on any atom is -0.468 e. The summed E-state index contributed by atoms with van der Waals surface area (Å²) in [7, 11) is 1.74. The highest BCUT2D eigenvalue weighted by Crippen LogP contribution is 2.34. The Labute approximate surface area is 154 Å². The molecule has 0 aliphatic carbocycles. The van der Waals surface area contributed by atoms with Gasteiger partial charge in [0.15, 0.2) is 6.61 Å². The number of aryl methyl sites for hydroxylation is 1. The van der Waals surface area contributed by atoms with E-state index in [0.29, 0.717) is 29.1 Å². The van der Waals surface area contributed by atoms with E-state index in [2.05, 4.69) is 15.3 Å². The largest absolute Gasteiger partial charge is 0.468 e. The lowest BCUT2D eigenvalue weighted by atomic mass is 10.1. The summed E-state index contributed by atoms with van der Waals surface area (Å²) >= 11 is 0. The first-order valence-electron chi connectivity index (χ1n) is 8.34. The molecular formula is C18H19F3N4O2. The van der Waals surface area contributed by atoms with Crippen molar-refractivity contribution in [1.29, 1.82) is 0 Å². The quantitative estimate of drug-likeness (QED) is 0.860. The zero-order valence-electron chi connectivity index (χ0n) is 15.1. The van der Waals surface area contributed by atoms with E-state index in [9.17, 15) is 18.0 Å². The molecule has 0 saturated carbocycles. The molecule has 1 N–H and O–H groups in total. The molecule has 2 aromatic rings. The third kappa shape index (κ3) is 3.81. The van der Waals surface area contributed by atoms with Gasteiger partial charge in [0.25, 0.3) is 5.91 Å². The molecule has 1 unspecified atom stereocenters. The molecule has 0 radical (unpaired) electrons. The molecule has 6 nitrogen and oxygen atoms in total. The second-order valence-corrected chi connectivity index (χ2v) is 6.34. The molecule has 0 fully saturated rings. The smallest absolute Gasteiger partial charge is 0.422 e. The zero-order valence-corrected chi connectivity index (χ0v) is 15.1. The highest BCUT2D eigenvalue weighted by Gasteiger charge is 2.34. The number of carbonyl (C=O) groups is 1. The van der Waals surface area contributed by atoms with Crippen molar-refractivity contribution >= 4 is 11.7 Å². The van der Waals surface area contributed by atoms with Gasteiger partial charge in [0.05, 0.1) is 12.6 Å². The molecule has 0 spiro atoms. The van der Waals surface area contributed by atoms with Crippen LogP contribution >= 0.6 is 0 Å². The van der Waals surface area contributed by atoms with Crippen molar-refractivity contribution in [2.24, 2.45) is 0 Å². The van der Waals surface area contributed by atoms with Crippen molar-refractivity contribution < 1.29 is 22.7 Å². The summed E-state index contributed by atoms with van der Waals surface area (Å²) < 4.78 is 41.7. The van der Waals surface area contributed by atoms with Crippen LogP contribution in [0.3, 0.4) is 0 Å². The molecule has 0 saturated heterocycles. The van der Waals surface area contributed by atoms with Crippen LogP contribution in [-0.4, -0.2) is 40.6 Å². The number of amides is 1. The van der Waals surface area contributed by atoms with Crippen LogP contribution < -0.4 is 10.1 Å². The first-order chi connectivity index (χ1) is 12.7. The lowest BCUT2D eigenvalue weighted by Gasteiger charge is -2.25. The normalized spacial score (nSPS) is 14.9. The van der Waals surface area contributed by atoms with Gasteiger partial charge in [-0.15, -0.1) is 0 Å². The topological polar surface area (TPSA) is 67.3 Å². The summed E-state index contributed by atoms with van der Waals surface area (Å²) in [5.74, 6) is 0.466. The molecule has 3 rings (SSSR count). The second-order valence-electron chi connectivity index (χ2n) is 6.34. The SMILES string of the molecule is CNc1nccc2c1CN(C(C)c1cnc(OCC(F)(F)F)c(C)c1)C2=O. The maximum atomic E-state index is 12.7. The van der Waals surface area contributed by atoms with Crippen molar-refractivity contribution in [2.75, 3.05) is 19.0 Å². The number of anilines is 1. The number of ether oxygens (including phenoxy) is 1. The molecule has 27 heavy (non-hydrogen) atoms. The molecule has 2 aromatic heterocycles. The number of hydrogen-bond donors (Lipinski definition) is 1. The molecule has 1 aliphatic rings. The van der Waals surface area contributed by atoms with Gasteiger partial charge in [0.2, 0.25) is 5.88 Å².